The Bertz CT molecular complexity index is 1460. The zero-order valence-corrected chi connectivity index (χ0v) is 24.0. The molecule has 0 atom stereocenters. The van der Waals surface area contributed by atoms with Crippen LogP contribution in [0.15, 0.2) is 34.0 Å². The number of hydrogen-bond donors (Lipinski definition) is 1. The van der Waals surface area contributed by atoms with Gasteiger partial charge in [-0.15, -0.1) is 0 Å². The zero-order valence-electron chi connectivity index (χ0n) is 22.4. The number of thioether (sulfide) groups is 1. The van der Waals surface area contributed by atoms with Crippen LogP contribution < -0.4 is 15.4 Å². The van der Waals surface area contributed by atoms with Gasteiger partial charge in [0, 0.05) is 56.9 Å². The van der Waals surface area contributed by atoms with Crippen LogP contribution in [-0.2, 0) is 16.1 Å². The first-order valence-electron chi connectivity index (χ1n) is 13.1. The topological polar surface area (TPSA) is 110 Å². The van der Waals surface area contributed by atoms with Gasteiger partial charge < -0.3 is 14.9 Å². The maximum Gasteiger partial charge on any atom is 0.303 e. The Morgan fingerprint density at radius 3 is 2.40 bits per heavy atom. The first kappa shape index (κ1) is 29.3. The molecule has 2 saturated heterocycles. The van der Waals surface area contributed by atoms with Gasteiger partial charge in [-0.05, 0) is 55.7 Å². The third-order valence-electron chi connectivity index (χ3n) is 6.99. The summed E-state index contributed by atoms with van der Waals surface area (Å²) in [5.41, 5.74) is 1.69. The van der Waals surface area contributed by atoms with Crippen LogP contribution in [0.1, 0.15) is 42.9 Å². The molecule has 0 aliphatic carbocycles. The molecule has 2 aliphatic heterocycles. The summed E-state index contributed by atoms with van der Waals surface area (Å²) in [6.07, 6.45) is 2.58. The molecule has 1 amide bonds. The predicted molar refractivity (Wildman–Crippen MR) is 158 cm³/mol. The molecule has 2 aliphatic rings. The van der Waals surface area contributed by atoms with Gasteiger partial charge in [-0.25, -0.2) is 4.39 Å². The number of carbonyl (C=O) groups excluding carboxylic acids is 1. The van der Waals surface area contributed by atoms with Crippen LogP contribution in [-0.4, -0.2) is 63.5 Å². The van der Waals surface area contributed by atoms with E-state index < -0.39 is 5.97 Å². The second kappa shape index (κ2) is 12.7. The molecule has 0 saturated carbocycles. The van der Waals surface area contributed by atoms with Crippen molar-refractivity contribution in [3.05, 3.63) is 62.0 Å². The maximum absolute atomic E-state index is 13.4. The van der Waals surface area contributed by atoms with E-state index in [4.69, 9.17) is 17.3 Å². The van der Waals surface area contributed by atoms with E-state index >= 15 is 0 Å². The molecule has 1 aromatic carbocycles. The van der Waals surface area contributed by atoms with Crippen molar-refractivity contribution >= 4 is 57.8 Å². The predicted octanol–water partition coefficient (Wildman–Crippen LogP) is 3.97. The quantitative estimate of drug-likeness (QED) is 0.346. The molecule has 0 radical (unpaired) electrons. The van der Waals surface area contributed by atoms with Gasteiger partial charge in [-0.3, -0.25) is 23.9 Å². The minimum atomic E-state index is -0.942. The number of rotatable bonds is 9. The number of aromatic nitrogens is 1. The monoisotopic (exact) mass is 583 g/mol. The number of piperazine rings is 1. The third-order valence-corrected chi connectivity index (χ3v) is 8.36. The highest BCUT2D eigenvalue weighted by Crippen LogP contribution is 2.36. The number of aliphatic carboxylic acids is 1. The highest BCUT2D eigenvalue weighted by molar-refractivity contribution is 8.26. The summed E-state index contributed by atoms with van der Waals surface area (Å²) in [5, 5.41) is 18.8. The van der Waals surface area contributed by atoms with Crippen molar-refractivity contribution in [2.45, 2.75) is 39.7 Å². The van der Waals surface area contributed by atoms with Gasteiger partial charge in [0.1, 0.15) is 27.6 Å². The number of nitrogens with zero attached hydrogens (tertiary/aromatic N) is 5. The van der Waals surface area contributed by atoms with Crippen molar-refractivity contribution in [1.82, 2.24) is 9.47 Å². The fraction of sp³-hybridized carbons (Fsp3) is 0.393. The first-order valence-corrected chi connectivity index (χ1v) is 14.3. The summed E-state index contributed by atoms with van der Waals surface area (Å²) in [5.74, 6) is -0.907. The van der Waals surface area contributed by atoms with Crippen LogP contribution in [0.4, 0.5) is 15.9 Å². The lowest BCUT2D eigenvalue weighted by Crippen LogP contribution is -2.48. The number of carboxylic acids is 1. The number of anilines is 2. The van der Waals surface area contributed by atoms with E-state index in [0.29, 0.717) is 65.3 Å². The van der Waals surface area contributed by atoms with Gasteiger partial charge in [0.05, 0.1) is 4.91 Å². The minimum Gasteiger partial charge on any atom is -0.481 e. The van der Waals surface area contributed by atoms with E-state index in [1.165, 1.54) is 17.0 Å². The molecule has 2 fully saturated rings. The van der Waals surface area contributed by atoms with Crippen molar-refractivity contribution in [2.24, 2.45) is 0 Å². The summed E-state index contributed by atoms with van der Waals surface area (Å²) < 4.78 is 15.4. The number of carbonyl (C=O) groups is 2. The van der Waals surface area contributed by atoms with Crippen LogP contribution in [0.2, 0.25) is 0 Å². The Morgan fingerprint density at radius 2 is 1.80 bits per heavy atom. The molecule has 3 heterocycles. The Balaban J connectivity index is 1.72. The number of amides is 1. The van der Waals surface area contributed by atoms with Gasteiger partial charge in [0.25, 0.3) is 11.5 Å². The summed E-state index contributed by atoms with van der Waals surface area (Å²) >= 11 is 6.55. The standard InChI is InChI=1S/C28H30FN5O4S2/c1-3-10-33-25(32-14-12-31(13-15-32)20-8-6-19(29)7-9-20)21(18(2)22(17-30)26(33)37)16-23-27(38)34(28(39)40-23)11-4-5-24(35)36/h6-9,16H,3-5,10-15H2,1-2H3,(H,35,36)/b23-16+. The Hall–Kier alpha value is -3.69. The highest BCUT2D eigenvalue weighted by Gasteiger charge is 2.33. The zero-order chi connectivity index (χ0) is 29.0. The SMILES string of the molecule is CCCn1c(N2CCN(c3ccc(F)cc3)CC2)c(/C=C2/SC(=S)N(CCCC(=O)O)C2=O)c(C)c(C#N)c1=O. The van der Waals surface area contributed by atoms with Gasteiger partial charge in [0.2, 0.25) is 0 Å². The largest absolute Gasteiger partial charge is 0.481 e. The van der Waals surface area contributed by atoms with E-state index in [1.54, 1.807) is 29.7 Å². The van der Waals surface area contributed by atoms with Crippen molar-refractivity contribution in [3.63, 3.8) is 0 Å². The van der Waals surface area contributed by atoms with E-state index in [1.807, 2.05) is 6.92 Å². The second-order valence-corrected chi connectivity index (χ2v) is 11.3. The molecule has 210 valence electrons. The van der Waals surface area contributed by atoms with E-state index in [-0.39, 0.29) is 42.2 Å². The van der Waals surface area contributed by atoms with Crippen molar-refractivity contribution in [3.8, 4) is 6.07 Å². The van der Waals surface area contributed by atoms with Gasteiger partial charge >= 0.3 is 5.97 Å². The van der Waals surface area contributed by atoms with Crippen LogP contribution in [0.25, 0.3) is 6.08 Å². The normalized spacial score (nSPS) is 16.6. The van der Waals surface area contributed by atoms with Gasteiger partial charge in [-0.1, -0.05) is 30.9 Å². The summed E-state index contributed by atoms with van der Waals surface area (Å²) in [6, 6.07) is 8.40. The summed E-state index contributed by atoms with van der Waals surface area (Å²) in [6.45, 7) is 6.69. The molecule has 1 aromatic heterocycles. The van der Waals surface area contributed by atoms with Crippen LogP contribution >= 0.6 is 24.0 Å². The molecule has 40 heavy (non-hydrogen) atoms. The summed E-state index contributed by atoms with van der Waals surface area (Å²) in [4.78, 5) is 43.6. The summed E-state index contributed by atoms with van der Waals surface area (Å²) in [7, 11) is 0. The molecule has 12 heteroatoms. The minimum absolute atomic E-state index is 0.0327. The molecule has 0 unspecified atom stereocenters. The fourth-order valence-corrected chi connectivity index (χ4v) is 6.25. The Kier molecular flexibility index (Phi) is 9.27. The van der Waals surface area contributed by atoms with Gasteiger partial charge in [-0.2, -0.15) is 5.26 Å². The van der Waals surface area contributed by atoms with E-state index in [0.717, 1.165) is 17.4 Å². The van der Waals surface area contributed by atoms with E-state index in [9.17, 15) is 24.0 Å². The van der Waals surface area contributed by atoms with Crippen LogP contribution in [0.5, 0.6) is 0 Å². The number of halogens is 1. The number of pyridine rings is 1. The molecule has 9 nitrogen and oxygen atoms in total. The first-order chi connectivity index (χ1) is 19.2. The lowest BCUT2D eigenvalue weighted by Gasteiger charge is -2.39. The molecule has 4 rings (SSSR count). The molecule has 0 bridgehead atoms. The molecule has 0 spiro atoms. The maximum atomic E-state index is 13.4. The van der Waals surface area contributed by atoms with Crippen molar-refractivity contribution < 1.29 is 19.1 Å². The fourth-order valence-electron chi connectivity index (χ4n) is 4.96. The Labute approximate surface area is 241 Å². The third kappa shape index (κ3) is 6.05. The lowest BCUT2D eigenvalue weighted by molar-refractivity contribution is -0.137. The molecule has 1 N–H and O–H groups in total. The smallest absolute Gasteiger partial charge is 0.303 e. The lowest BCUT2D eigenvalue weighted by atomic mass is 10.0. The number of nitriles is 1. The number of hydrogen-bond acceptors (Lipinski definition) is 8. The number of benzene rings is 1. The highest BCUT2D eigenvalue weighted by atomic mass is 32.2. The van der Waals surface area contributed by atoms with Crippen molar-refractivity contribution in [1.29, 1.82) is 5.26 Å². The number of carboxylic acid groups (broad SMARTS) is 1. The second-order valence-electron chi connectivity index (χ2n) is 9.59. The Morgan fingerprint density at radius 1 is 1.15 bits per heavy atom. The molecular weight excluding hydrogens is 553 g/mol. The molecule has 2 aromatic rings. The average Bonchev–Trinajstić information content (AvgIpc) is 3.19. The van der Waals surface area contributed by atoms with Crippen LogP contribution in [0.3, 0.4) is 0 Å². The van der Waals surface area contributed by atoms with Crippen LogP contribution in [0, 0.1) is 24.1 Å². The molecular formula is C28H30FN5O4S2. The van der Waals surface area contributed by atoms with Gasteiger partial charge in [0.15, 0.2) is 0 Å². The van der Waals surface area contributed by atoms with E-state index in [2.05, 4.69) is 15.9 Å². The average molecular weight is 584 g/mol. The van der Waals surface area contributed by atoms with Crippen molar-refractivity contribution in [2.75, 3.05) is 42.5 Å². The number of thiocarbonyl (C=S) groups is 1.